The summed E-state index contributed by atoms with van der Waals surface area (Å²) in [5, 5.41) is 6.21. The third kappa shape index (κ3) is 5.91. The first kappa shape index (κ1) is 29.3. The van der Waals surface area contributed by atoms with Crippen molar-refractivity contribution in [2.24, 2.45) is 0 Å². The summed E-state index contributed by atoms with van der Waals surface area (Å²) in [6.07, 6.45) is -7.76. The van der Waals surface area contributed by atoms with Crippen molar-refractivity contribution in [1.82, 2.24) is 18.9 Å². The fraction of sp³-hybridized carbons (Fsp3) is 0.269. The van der Waals surface area contributed by atoms with Gasteiger partial charge in [-0.1, -0.05) is 12.1 Å². The van der Waals surface area contributed by atoms with Gasteiger partial charge < -0.3 is 9.47 Å². The van der Waals surface area contributed by atoms with Gasteiger partial charge in [0.15, 0.2) is 11.4 Å². The van der Waals surface area contributed by atoms with Crippen molar-refractivity contribution in [2.45, 2.75) is 24.4 Å². The number of carbonyl (C=O) groups excluding carboxylic acids is 1. The van der Waals surface area contributed by atoms with Gasteiger partial charge in [-0.2, -0.15) is 22.6 Å². The van der Waals surface area contributed by atoms with Gasteiger partial charge in [0, 0.05) is 24.3 Å². The van der Waals surface area contributed by atoms with Gasteiger partial charge in [0.05, 0.1) is 35.6 Å². The average molecular weight is 612 g/mol. The molecule has 5 rings (SSSR count). The number of fused-ring (bicyclic) bond motifs is 1. The van der Waals surface area contributed by atoms with Crippen LogP contribution in [0.1, 0.15) is 23.2 Å². The number of aryl methyl sites for hydroxylation is 1. The van der Waals surface area contributed by atoms with Gasteiger partial charge in [0.25, 0.3) is 6.43 Å². The minimum Gasteiger partial charge on any atom is -0.404 e. The fourth-order valence-corrected chi connectivity index (χ4v) is 5.85. The van der Waals surface area contributed by atoms with Crippen molar-refractivity contribution < 1.29 is 44.6 Å². The Morgan fingerprint density at radius 2 is 1.83 bits per heavy atom. The Hall–Kier alpha value is -4.15. The molecular formula is C26H22F5N5O5S. The van der Waals surface area contributed by atoms with E-state index in [4.69, 9.17) is 9.47 Å². The number of ether oxygens (including phenoxy) is 2. The van der Waals surface area contributed by atoms with Crippen LogP contribution < -0.4 is 10.1 Å². The molecule has 2 aromatic carbocycles. The summed E-state index contributed by atoms with van der Waals surface area (Å²) >= 11 is 0. The fourth-order valence-electron chi connectivity index (χ4n) is 4.40. The van der Waals surface area contributed by atoms with E-state index in [1.165, 1.54) is 41.6 Å². The van der Waals surface area contributed by atoms with Crippen LogP contribution in [-0.2, 0) is 20.9 Å². The first-order valence-electron chi connectivity index (χ1n) is 12.4. The Morgan fingerprint density at radius 3 is 2.50 bits per heavy atom. The molecule has 0 aliphatic carbocycles. The largest absolute Gasteiger partial charge is 0.417 e. The number of hydrogen-bond donors (Lipinski definition) is 1. The molecule has 222 valence electrons. The summed E-state index contributed by atoms with van der Waals surface area (Å²) in [7, 11) is -3.85. The van der Waals surface area contributed by atoms with E-state index in [0.717, 1.165) is 28.9 Å². The number of rotatable bonds is 6. The first-order valence-corrected chi connectivity index (χ1v) is 13.8. The summed E-state index contributed by atoms with van der Waals surface area (Å²) in [4.78, 5) is 16.9. The molecule has 2 aromatic heterocycles. The number of hydrogen-bond acceptors (Lipinski definition) is 7. The highest BCUT2D eigenvalue weighted by Gasteiger charge is 2.32. The van der Waals surface area contributed by atoms with Crippen molar-refractivity contribution in [3.63, 3.8) is 0 Å². The van der Waals surface area contributed by atoms with Gasteiger partial charge in [-0.05, 0) is 48.9 Å². The van der Waals surface area contributed by atoms with Crippen LogP contribution in [0.25, 0.3) is 16.9 Å². The molecule has 4 aromatic rings. The van der Waals surface area contributed by atoms with Crippen LogP contribution in [0.5, 0.6) is 5.75 Å². The highest BCUT2D eigenvalue weighted by Crippen LogP contribution is 2.35. The van der Waals surface area contributed by atoms with Crippen molar-refractivity contribution in [2.75, 3.05) is 31.6 Å². The van der Waals surface area contributed by atoms with E-state index in [9.17, 15) is 35.2 Å². The van der Waals surface area contributed by atoms with Crippen molar-refractivity contribution in [1.29, 1.82) is 0 Å². The minimum absolute atomic E-state index is 0.0714. The van der Waals surface area contributed by atoms with E-state index >= 15 is 0 Å². The molecule has 3 heterocycles. The topological polar surface area (TPSA) is 115 Å². The number of sulfonamides is 1. The molecule has 1 fully saturated rings. The van der Waals surface area contributed by atoms with Crippen LogP contribution in [0.15, 0.2) is 59.6 Å². The van der Waals surface area contributed by atoms with E-state index in [0.29, 0.717) is 0 Å². The number of halogens is 5. The van der Waals surface area contributed by atoms with E-state index in [1.54, 1.807) is 0 Å². The van der Waals surface area contributed by atoms with Crippen molar-refractivity contribution >= 4 is 27.5 Å². The number of morpholine rings is 1. The van der Waals surface area contributed by atoms with Crippen molar-refractivity contribution in [3.05, 3.63) is 71.5 Å². The van der Waals surface area contributed by atoms with Gasteiger partial charge in [-0.25, -0.2) is 31.5 Å². The molecule has 1 saturated heterocycles. The lowest BCUT2D eigenvalue weighted by Gasteiger charge is -2.26. The Labute approximate surface area is 235 Å². The molecule has 10 nitrogen and oxygen atoms in total. The lowest BCUT2D eigenvalue weighted by Crippen LogP contribution is -2.40. The predicted octanol–water partition coefficient (Wildman–Crippen LogP) is 5.29. The van der Waals surface area contributed by atoms with Gasteiger partial charge >= 0.3 is 12.3 Å². The van der Waals surface area contributed by atoms with E-state index in [-0.39, 0.29) is 65.1 Å². The number of aromatic nitrogens is 3. The number of nitrogens with one attached hydrogen (secondary N) is 1. The molecule has 1 amide bonds. The van der Waals surface area contributed by atoms with E-state index < -0.39 is 40.0 Å². The van der Waals surface area contributed by atoms with Gasteiger partial charge in [0.1, 0.15) is 5.69 Å². The SMILES string of the molecule is Cc1cc(-c2cc(C(F)F)n3ncc(OC(=O)Nc4cccc(S(=O)(=O)N5CCOCC5)c4)c3n2)ccc1C(F)(F)F. The summed E-state index contributed by atoms with van der Waals surface area (Å²) < 4.78 is 106. The standard InChI is InChI=1S/C26H22F5N5O5S/c1-15-11-16(5-6-19(15)26(29,30)31)20-13-21(23(27)28)36-24(34-20)22(14-32-36)41-25(37)33-17-3-2-4-18(12-17)42(38,39)35-7-9-40-10-8-35/h2-6,11-14,23H,7-10H2,1H3,(H,33,37). The number of alkyl halides is 5. The normalized spacial score (nSPS) is 14.8. The van der Waals surface area contributed by atoms with Crippen molar-refractivity contribution in [3.8, 4) is 17.0 Å². The van der Waals surface area contributed by atoms with Gasteiger partial charge in [-0.15, -0.1) is 0 Å². The Morgan fingerprint density at radius 1 is 1.10 bits per heavy atom. The molecular weight excluding hydrogens is 589 g/mol. The lowest BCUT2D eigenvalue weighted by molar-refractivity contribution is -0.138. The Kier molecular flexibility index (Phi) is 7.87. The third-order valence-corrected chi connectivity index (χ3v) is 8.30. The van der Waals surface area contributed by atoms with Crippen LogP contribution in [-0.4, -0.2) is 59.7 Å². The second-order valence-corrected chi connectivity index (χ2v) is 11.1. The molecule has 0 atom stereocenters. The second kappa shape index (κ2) is 11.3. The molecule has 16 heteroatoms. The summed E-state index contributed by atoms with van der Waals surface area (Å²) in [6, 6.07) is 9.53. The highest BCUT2D eigenvalue weighted by molar-refractivity contribution is 7.89. The summed E-state index contributed by atoms with van der Waals surface area (Å²) in [6.45, 7) is 2.10. The minimum atomic E-state index is -4.60. The number of nitrogens with zero attached hydrogens (tertiary/aromatic N) is 4. The zero-order chi connectivity index (χ0) is 30.2. The predicted molar refractivity (Wildman–Crippen MR) is 139 cm³/mol. The molecule has 1 N–H and O–H groups in total. The zero-order valence-electron chi connectivity index (χ0n) is 21.7. The maximum Gasteiger partial charge on any atom is 0.417 e. The van der Waals surface area contributed by atoms with Crippen LogP contribution in [0.3, 0.4) is 0 Å². The van der Waals surface area contributed by atoms with Gasteiger partial charge in [-0.3, -0.25) is 5.32 Å². The van der Waals surface area contributed by atoms with Crippen LogP contribution in [0, 0.1) is 6.92 Å². The molecule has 0 radical (unpaired) electrons. The summed E-state index contributed by atoms with van der Waals surface area (Å²) in [5.74, 6) is -0.322. The number of benzene rings is 2. The smallest absolute Gasteiger partial charge is 0.404 e. The maximum absolute atomic E-state index is 13.9. The molecule has 0 saturated carbocycles. The number of amides is 1. The number of anilines is 1. The van der Waals surface area contributed by atoms with Crippen LogP contribution in [0.2, 0.25) is 0 Å². The average Bonchev–Trinajstić information content (AvgIpc) is 3.34. The Balaban J connectivity index is 1.42. The lowest BCUT2D eigenvalue weighted by atomic mass is 10.0. The molecule has 42 heavy (non-hydrogen) atoms. The van der Waals surface area contributed by atoms with E-state index in [2.05, 4.69) is 15.4 Å². The maximum atomic E-state index is 13.9. The van der Waals surface area contributed by atoms with Gasteiger partial charge in [0.2, 0.25) is 10.0 Å². The first-order chi connectivity index (χ1) is 19.8. The molecule has 1 aliphatic rings. The monoisotopic (exact) mass is 611 g/mol. The quantitative estimate of drug-likeness (QED) is 0.295. The summed E-state index contributed by atoms with van der Waals surface area (Å²) in [5.41, 5.74) is -1.84. The van der Waals surface area contributed by atoms with E-state index in [1.807, 2.05) is 0 Å². The molecule has 0 spiro atoms. The molecule has 0 bridgehead atoms. The van der Waals surface area contributed by atoms with Crippen LogP contribution >= 0.6 is 0 Å². The Bertz CT molecular complexity index is 1750. The zero-order valence-corrected chi connectivity index (χ0v) is 22.5. The third-order valence-electron chi connectivity index (χ3n) is 6.41. The van der Waals surface area contributed by atoms with Crippen LogP contribution in [0.4, 0.5) is 32.4 Å². The molecule has 1 aliphatic heterocycles. The molecule has 0 unspecified atom stereocenters. The number of carbonyl (C=O) groups is 1. The second-order valence-electron chi connectivity index (χ2n) is 9.20. The highest BCUT2D eigenvalue weighted by atomic mass is 32.2.